The minimum Gasteiger partial charge on any atom is -0.313 e. The van der Waals surface area contributed by atoms with E-state index in [0.717, 1.165) is 19.5 Å². The molecule has 0 aromatic rings. The molecule has 1 atom stereocenters. The number of nitrogens with one attached hydrogen (secondary N) is 2. The molecule has 1 unspecified atom stereocenters. The topological polar surface area (TPSA) is 24.1 Å². The average Bonchev–Trinajstić information content (AvgIpc) is 1.97. The van der Waals surface area contributed by atoms with Crippen molar-refractivity contribution in [2.45, 2.75) is 45.7 Å². The second kappa shape index (κ2) is 6.17. The van der Waals surface area contributed by atoms with Crippen molar-refractivity contribution < 1.29 is 0 Å². The third-order valence-electron chi connectivity index (χ3n) is 1.79. The second-order valence-corrected chi connectivity index (χ2v) is 4.56. The summed E-state index contributed by atoms with van der Waals surface area (Å²) in [6.07, 6.45) is 2.99. The Hall–Kier alpha value is -0.340. The van der Waals surface area contributed by atoms with Gasteiger partial charge in [0.2, 0.25) is 0 Å². The second-order valence-electron chi connectivity index (χ2n) is 4.56. The molecule has 2 nitrogen and oxygen atoms in total. The van der Waals surface area contributed by atoms with Crippen molar-refractivity contribution in [3.63, 3.8) is 0 Å². The fraction of sp³-hybridized carbons (Fsp3) is 0.818. The van der Waals surface area contributed by atoms with Crippen molar-refractivity contribution in [3.8, 4) is 0 Å². The third kappa shape index (κ3) is 9.57. The quantitative estimate of drug-likeness (QED) is 0.487. The maximum atomic E-state index is 3.71. The van der Waals surface area contributed by atoms with E-state index in [4.69, 9.17) is 0 Å². The van der Waals surface area contributed by atoms with E-state index in [-0.39, 0.29) is 5.54 Å². The predicted octanol–water partition coefficient (Wildman–Crippen LogP) is 1.93. The van der Waals surface area contributed by atoms with Gasteiger partial charge in [0.25, 0.3) is 0 Å². The van der Waals surface area contributed by atoms with Crippen LogP contribution in [0.2, 0.25) is 0 Å². The zero-order valence-corrected chi connectivity index (χ0v) is 9.48. The standard InChI is InChI=1S/C11H24N2/c1-6-7-10(2)12-8-9-13-11(3,4)5/h6,10,12-13H,1,7-9H2,2-5H3. The van der Waals surface area contributed by atoms with Crippen LogP contribution < -0.4 is 10.6 Å². The van der Waals surface area contributed by atoms with Crippen molar-refractivity contribution in [1.29, 1.82) is 0 Å². The lowest BCUT2D eigenvalue weighted by Crippen LogP contribution is -2.41. The highest BCUT2D eigenvalue weighted by Crippen LogP contribution is 1.96. The van der Waals surface area contributed by atoms with Crippen molar-refractivity contribution in [2.24, 2.45) is 0 Å². The zero-order valence-electron chi connectivity index (χ0n) is 9.48. The van der Waals surface area contributed by atoms with Crippen LogP contribution in [-0.4, -0.2) is 24.7 Å². The maximum absolute atomic E-state index is 3.71. The molecule has 0 aliphatic rings. The molecule has 0 rings (SSSR count). The monoisotopic (exact) mass is 184 g/mol. The Morgan fingerprint density at radius 1 is 1.31 bits per heavy atom. The van der Waals surface area contributed by atoms with Crippen LogP contribution in [0.4, 0.5) is 0 Å². The molecule has 0 spiro atoms. The van der Waals surface area contributed by atoms with Gasteiger partial charge in [-0.05, 0) is 34.1 Å². The number of hydrogen-bond acceptors (Lipinski definition) is 2. The first kappa shape index (κ1) is 12.7. The van der Waals surface area contributed by atoms with Crippen LogP contribution in [0.3, 0.4) is 0 Å². The molecule has 2 N–H and O–H groups in total. The summed E-state index contributed by atoms with van der Waals surface area (Å²) in [5, 5.41) is 6.85. The van der Waals surface area contributed by atoms with Crippen LogP contribution in [-0.2, 0) is 0 Å². The van der Waals surface area contributed by atoms with E-state index >= 15 is 0 Å². The van der Waals surface area contributed by atoms with Gasteiger partial charge in [0.15, 0.2) is 0 Å². The van der Waals surface area contributed by atoms with Gasteiger partial charge in [-0.15, -0.1) is 6.58 Å². The lowest BCUT2D eigenvalue weighted by molar-refractivity contribution is 0.413. The SMILES string of the molecule is C=CCC(C)NCCNC(C)(C)C. The van der Waals surface area contributed by atoms with Crippen LogP contribution in [0.5, 0.6) is 0 Å². The molecule has 0 aromatic carbocycles. The van der Waals surface area contributed by atoms with E-state index < -0.39 is 0 Å². The Morgan fingerprint density at radius 3 is 2.38 bits per heavy atom. The van der Waals surface area contributed by atoms with Crippen molar-refractivity contribution >= 4 is 0 Å². The van der Waals surface area contributed by atoms with E-state index in [1.54, 1.807) is 0 Å². The van der Waals surface area contributed by atoms with Gasteiger partial charge < -0.3 is 10.6 Å². The summed E-state index contributed by atoms with van der Waals surface area (Å²) in [6, 6.07) is 0.541. The summed E-state index contributed by atoms with van der Waals surface area (Å²) < 4.78 is 0. The Labute approximate surface area is 82.8 Å². The molecule has 0 amide bonds. The van der Waals surface area contributed by atoms with Gasteiger partial charge in [-0.3, -0.25) is 0 Å². The van der Waals surface area contributed by atoms with Gasteiger partial charge in [-0.25, -0.2) is 0 Å². The molecule has 13 heavy (non-hydrogen) atoms. The number of hydrogen-bond donors (Lipinski definition) is 2. The zero-order chi connectivity index (χ0) is 10.3. The first-order valence-electron chi connectivity index (χ1n) is 5.05. The maximum Gasteiger partial charge on any atom is 0.00970 e. The Bertz CT molecular complexity index is 136. The molecule has 0 heterocycles. The molecule has 0 fully saturated rings. The molecule has 0 aromatic heterocycles. The van der Waals surface area contributed by atoms with Gasteiger partial charge in [0.05, 0.1) is 0 Å². The van der Waals surface area contributed by atoms with Crippen LogP contribution in [0, 0.1) is 0 Å². The molecule has 0 saturated heterocycles. The smallest absolute Gasteiger partial charge is 0.00970 e. The Balaban J connectivity index is 3.30. The molecule has 2 heteroatoms. The van der Waals surface area contributed by atoms with E-state index in [1.807, 2.05) is 6.08 Å². The van der Waals surface area contributed by atoms with Crippen LogP contribution >= 0.6 is 0 Å². The molecular formula is C11H24N2. The molecule has 0 aliphatic carbocycles. The molecule has 0 bridgehead atoms. The first-order valence-corrected chi connectivity index (χ1v) is 5.05. The van der Waals surface area contributed by atoms with E-state index in [9.17, 15) is 0 Å². The summed E-state index contributed by atoms with van der Waals surface area (Å²) in [4.78, 5) is 0. The van der Waals surface area contributed by atoms with Crippen LogP contribution in [0.15, 0.2) is 12.7 Å². The van der Waals surface area contributed by atoms with Gasteiger partial charge in [0.1, 0.15) is 0 Å². The summed E-state index contributed by atoms with van der Waals surface area (Å²) in [5.74, 6) is 0. The third-order valence-corrected chi connectivity index (χ3v) is 1.79. The largest absolute Gasteiger partial charge is 0.313 e. The highest BCUT2D eigenvalue weighted by Gasteiger charge is 2.07. The minimum absolute atomic E-state index is 0.226. The summed E-state index contributed by atoms with van der Waals surface area (Å²) in [5.41, 5.74) is 0.226. The van der Waals surface area contributed by atoms with E-state index in [1.165, 1.54) is 0 Å². The minimum atomic E-state index is 0.226. The summed E-state index contributed by atoms with van der Waals surface area (Å²) in [7, 11) is 0. The molecule has 0 saturated carbocycles. The highest BCUT2D eigenvalue weighted by atomic mass is 15.0. The van der Waals surface area contributed by atoms with Gasteiger partial charge in [-0.2, -0.15) is 0 Å². The molecule has 0 aliphatic heterocycles. The Morgan fingerprint density at radius 2 is 1.92 bits per heavy atom. The molecule has 0 radical (unpaired) electrons. The van der Waals surface area contributed by atoms with Crippen molar-refractivity contribution in [1.82, 2.24) is 10.6 Å². The fourth-order valence-corrected chi connectivity index (χ4v) is 1.09. The van der Waals surface area contributed by atoms with E-state index in [2.05, 4.69) is 44.9 Å². The van der Waals surface area contributed by atoms with E-state index in [0.29, 0.717) is 6.04 Å². The summed E-state index contributed by atoms with van der Waals surface area (Å²) >= 11 is 0. The normalized spacial score (nSPS) is 14.2. The summed E-state index contributed by atoms with van der Waals surface area (Å²) in [6.45, 7) is 14.5. The van der Waals surface area contributed by atoms with Crippen LogP contribution in [0.25, 0.3) is 0 Å². The van der Waals surface area contributed by atoms with Crippen molar-refractivity contribution in [2.75, 3.05) is 13.1 Å². The predicted molar refractivity (Wildman–Crippen MR) is 60.0 cm³/mol. The van der Waals surface area contributed by atoms with Gasteiger partial charge >= 0.3 is 0 Å². The van der Waals surface area contributed by atoms with Crippen LogP contribution in [0.1, 0.15) is 34.1 Å². The van der Waals surface area contributed by atoms with Crippen molar-refractivity contribution in [3.05, 3.63) is 12.7 Å². The number of rotatable bonds is 6. The molecular weight excluding hydrogens is 160 g/mol. The Kier molecular flexibility index (Phi) is 6.00. The van der Waals surface area contributed by atoms with Gasteiger partial charge in [0, 0.05) is 24.7 Å². The highest BCUT2D eigenvalue weighted by molar-refractivity contribution is 4.76. The average molecular weight is 184 g/mol. The lowest BCUT2D eigenvalue weighted by atomic mass is 10.1. The molecule has 78 valence electrons. The van der Waals surface area contributed by atoms with Gasteiger partial charge in [-0.1, -0.05) is 6.08 Å². The first-order chi connectivity index (χ1) is 5.95. The lowest BCUT2D eigenvalue weighted by Gasteiger charge is -2.21. The fourth-order valence-electron chi connectivity index (χ4n) is 1.09.